The molecule has 0 amide bonds. The van der Waals surface area contributed by atoms with Crippen LogP contribution in [0.15, 0.2) is 12.1 Å². The van der Waals surface area contributed by atoms with Gasteiger partial charge in [0.2, 0.25) is 0 Å². The number of hydrogen-bond donors (Lipinski definition) is 2. The minimum Gasteiger partial charge on any atom is -0.388 e. The van der Waals surface area contributed by atoms with Crippen molar-refractivity contribution in [2.75, 3.05) is 29.9 Å². The second-order valence-electron chi connectivity index (χ2n) is 5.38. The number of hydrogen-bond acceptors (Lipinski definition) is 6. The number of β-amino-alcohol motifs (C(OH)–C–C–N with tert-alkyl or cyclic N) is 1. The van der Waals surface area contributed by atoms with E-state index in [1.165, 1.54) is 12.1 Å². The van der Waals surface area contributed by atoms with Crippen molar-refractivity contribution in [1.29, 1.82) is 0 Å². The van der Waals surface area contributed by atoms with E-state index >= 15 is 0 Å². The molecule has 1 saturated heterocycles. The second-order valence-corrected chi connectivity index (χ2v) is 5.38. The van der Waals surface area contributed by atoms with Gasteiger partial charge < -0.3 is 15.3 Å². The standard InChI is InChI=1S/C13H20N4O3/c1-3-14-11-7-10(17(19)20)8-12(15-11)16-6-4-5-13(2,18)9-16/h7-8,18H,3-6,9H2,1-2H3,(H,14,15). The molecule has 2 rings (SSSR count). The highest BCUT2D eigenvalue weighted by Gasteiger charge is 2.29. The highest BCUT2D eigenvalue weighted by atomic mass is 16.6. The van der Waals surface area contributed by atoms with Gasteiger partial charge in [-0.3, -0.25) is 10.1 Å². The third kappa shape index (κ3) is 3.36. The molecule has 20 heavy (non-hydrogen) atoms. The van der Waals surface area contributed by atoms with Crippen molar-refractivity contribution in [2.24, 2.45) is 0 Å². The topological polar surface area (TPSA) is 91.5 Å². The molecule has 1 fully saturated rings. The third-order valence-electron chi connectivity index (χ3n) is 3.36. The molecule has 0 saturated carbocycles. The van der Waals surface area contributed by atoms with Crippen molar-refractivity contribution >= 4 is 17.3 Å². The van der Waals surface area contributed by atoms with Crippen LogP contribution in [0.1, 0.15) is 26.7 Å². The minimum absolute atomic E-state index is 0.0103. The van der Waals surface area contributed by atoms with Crippen molar-refractivity contribution in [2.45, 2.75) is 32.3 Å². The van der Waals surface area contributed by atoms with Gasteiger partial charge in [-0.1, -0.05) is 0 Å². The van der Waals surface area contributed by atoms with E-state index in [0.717, 1.165) is 19.4 Å². The van der Waals surface area contributed by atoms with Gasteiger partial charge in [-0.2, -0.15) is 0 Å². The molecule has 1 aromatic rings. The maximum atomic E-state index is 11.0. The monoisotopic (exact) mass is 280 g/mol. The second kappa shape index (κ2) is 5.62. The SMILES string of the molecule is CCNc1cc([N+](=O)[O-])cc(N2CCCC(C)(O)C2)n1. The van der Waals surface area contributed by atoms with Gasteiger partial charge in [-0.15, -0.1) is 0 Å². The summed E-state index contributed by atoms with van der Waals surface area (Å²) >= 11 is 0. The first-order chi connectivity index (χ1) is 9.41. The molecule has 1 aliphatic heterocycles. The molecule has 1 aliphatic rings. The maximum Gasteiger partial charge on any atom is 0.276 e. The Labute approximate surface area is 117 Å². The zero-order valence-electron chi connectivity index (χ0n) is 11.8. The van der Waals surface area contributed by atoms with Crippen LogP contribution in [0.3, 0.4) is 0 Å². The molecule has 7 heteroatoms. The third-order valence-corrected chi connectivity index (χ3v) is 3.36. The molecule has 0 aliphatic carbocycles. The van der Waals surface area contributed by atoms with E-state index in [0.29, 0.717) is 24.7 Å². The molecule has 0 bridgehead atoms. The van der Waals surface area contributed by atoms with Gasteiger partial charge in [0.05, 0.1) is 22.7 Å². The number of piperidine rings is 1. The Hall–Kier alpha value is -1.89. The lowest BCUT2D eigenvalue weighted by Gasteiger charge is -2.37. The van der Waals surface area contributed by atoms with Crippen LogP contribution in [0.5, 0.6) is 0 Å². The lowest BCUT2D eigenvalue weighted by molar-refractivity contribution is -0.384. The molecule has 2 heterocycles. The largest absolute Gasteiger partial charge is 0.388 e. The molecule has 110 valence electrons. The van der Waals surface area contributed by atoms with Crippen LogP contribution >= 0.6 is 0 Å². The van der Waals surface area contributed by atoms with E-state index < -0.39 is 10.5 Å². The fraction of sp³-hybridized carbons (Fsp3) is 0.615. The highest BCUT2D eigenvalue weighted by Crippen LogP contribution is 2.28. The first kappa shape index (κ1) is 14.5. The average Bonchev–Trinajstić information content (AvgIpc) is 2.37. The Morgan fingerprint density at radius 1 is 1.60 bits per heavy atom. The Bertz CT molecular complexity index is 504. The van der Waals surface area contributed by atoms with Gasteiger partial charge in [0.15, 0.2) is 0 Å². The first-order valence-electron chi connectivity index (χ1n) is 6.79. The van der Waals surface area contributed by atoms with Gasteiger partial charge in [0.25, 0.3) is 5.69 Å². The fourth-order valence-corrected chi connectivity index (χ4v) is 2.46. The zero-order valence-corrected chi connectivity index (χ0v) is 11.8. The van der Waals surface area contributed by atoms with Crippen LogP contribution in [0, 0.1) is 10.1 Å². The van der Waals surface area contributed by atoms with Gasteiger partial charge in [-0.05, 0) is 26.7 Å². The predicted molar refractivity (Wildman–Crippen MR) is 77.1 cm³/mol. The quantitative estimate of drug-likeness (QED) is 0.645. The van der Waals surface area contributed by atoms with Gasteiger partial charge in [-0.25, -0.2) is 4.98 Å². The summed E-state index contributed by atoms with van der Waals surface area (Å²) in [6.07, 6.45) is 1.58. The molecular formula is C13H20N4O3. The van der Waals surface area contributed by atoms with Gasteiger partial charge in [0, 0.05) is 19.6 Å². The molecule has 2 N–H and O–H groups in total. The molecule has 0 radical (unpaired) electrons. The summed E-state index contributed by atoms with van der Waals surface area (Å²) in [6.45, 7) is 5.52. The molecule has 0 spiro atoms. The summed E-state index contributed by atoms with van der Waals surface area (Å²) in [5, 5.41) is 24.1. The smallest absolute Gasteiger partial charge is 0.276 e. The lowest BCUT2D eigenvalue weighted by atomic mass is 9.95. The van der Waals surface area contributed by atoms with Crippen LogP contribution in [0.2, 0.25) is 0 Å². The van der Waals surface area contributed by atoms with Crippen molar-refractivity contribution in [3.8, 4) is 0 Å². The molecular weight excluding hydrogens is 260 g/mol. The van der Waals surface area contributed by atoms with E-state index in [-0.39, 0.29) is 5.69 Å². The van der Waals surface area contributed by atoms with Crippen LogP contribution in [0.4, 0.5) is 17.3 Å². The average molecular weight is 280 g/mol. The summed E-state index contributed by atoms with van der Waals surface area (Å²) < 4.78 is 0. The van der Waals surface area contributed by atoms with Gasteiger partial charge in [0.1, 0.15) is 11.6 Å². The number of pyridine rings is 1. The van der Waals surface area contributed by atoms with Gasteiger partial charge >= 0.3 is 0 Å². The highest BCUT2D eigenvalue weighted by molar-refractivity contribution is 5.56. The Morgan fingerprint density at radius 3 is 2.95 bits per heavy atom. The number of rotatable bonds is 4. The normalized spacial score (nSPS) is 22.6. The molecule has 1 aromatic heterocycles. The summed E-state index contributed by atoms with van der Waals surface area (Å²) in [6, 6.07) is 2.89. The zero-order chi connectivity index (χ0) is 14.8. The number of nitrogens with one attached hydrogen (secondary N) is 1. The first-order valence-corrected chi connectivity index (χ1v) is 6.79. The van der Waals surface area contributed by atoms with E-state index in [1.54, 1.807) is 6.92 Å². The Balaban J connectivity index is 2.32. The van der Waals surface area contributed by atoms with Crippen LogP contribution < -0.4 is 10.2 Å². The van der Waals surface area contributed by atoms with Crippen LogP contribution in [0.25, 0.3) is 0 Å². The lowest BCUT2D eigenvalue weighted by Crippen LogP contribution is -2.46. The molecule has 1 unspecified atom stereocenters. The minimum atomic E-state index is -0.775. The number of nitro groups is 1. The summed E-state index contributed by atoms with van der Waals surface area (Å²) in [5.41, 5.74) is -0.765. The van der Waals surface area contributed by atoms with E-state index in [1.807, 2.05) is 11.8 Å². The van der Waals surface area contributed by atoms with Crippen LogP contribution in [-0.4, -0.2) is 40.2 Å². The van der Waals surface area contributed by atoms with Crippen molar-refractivity contribution in [1.82, 2.24) is 4.98 Å². The summed E-state index contributed by atoms with van der Waals surface area (Å²) in [5.74, 6) is 1.03. The van der Waals surface area contributed by atoms with E-state index in [2.05, 4.69) is 10.3 Å². The van der Waals surface area contributed by atoms with E-state index in [9.17, 15) is 15.2 Å². The molecule has 1 atom stereocenters. The molecule has 0 aromatic carbocycles. The Morgan fingerprint density at radius 2 is 2.35 bits per heavy atom. The number of anilines is 2. The summed E-state index contributed by atoms with van der Waals surface area (Å²) in [7, 11) is 0. The number of nitrogens with zero attached hydrogens (tertiary/aromatic N) is 3. The number of aromatic nitrogens is 1. The van der Waals surface area contributed by atoms with E-state index in [4.69, 9.17) is 0 Å². The Kier molecular flexibility index (Phi) is 4.08. The van der Waals surface area contributed by atoms with Crippen molar-refractivity contribution in [3.05, 3.63) is 22.2 Å². The summed E-state index contributed by atoms with van der Waals surface area (Å²) in [4.78, 5) is 16.9. The number of aliphatic hydroxyl groups is 1. The predicted octanol–water partition coefficient (Wildman–Crippen LogP) is 1.77. The van der Waals surface area contributed by atoms with Crippen molar-refractivity contribution in [3.63, 3.8) is 0 Å². The van der Waals surface area contributed by atoms with Crippen LogP contribution in [-0.2, 0) is 0 Å². The van der Waals surface area contributed by atoms with Crippen molar-refractivity contribution < 1.29 is 10.0 Å². The maximum absolute atomic E-state index is 11.0. The fourth-order valence-electron chi connectivity index (χ4n) is 2.46. The molecule has 7 nitrogen and oxygen atoms in total.